The second-order valence-electron chi connectivity index (χ2n) is 4.54. The van der Waals surface area contributed by atoms with Crippen LogP contribution >= 0.6 is 0 Å². The van der Waals surface area contributed by atoms with Crippen molar-refractivity contribution >= 4 is 11.4 Å². The fraction of sp³-hybridized carbons (Fsp3) is 0.250. The summed E-state index contributed by atoms with van der Waals surface area (Å²) in [5.41, 5.74) is 1.69. The van der Waals surface area contributed by atoms with Crippen LogP contribution in [-0.2, 0) is 0 Å². The third kappa shape index (κ3) is 4.54. The minimum Gasteiger partial charge on any atom is -0.394 e. The number of hydrogen-bond donors (Lipinski definition) is 2. The molecule has 0 aliphatic heterocycles. The Morgan fingerprint density at radius 1 is 0.636 bits per heavy atom. The average molecular weight is 300 g/mol. The Labute approximate surface area is 129 Å². The van der Waals surface area contributed by atoms with Gasteiger partial charge in [0, 0.05) is 0 Å². The van der Waals surface area contributed by atoms with Crippen LogP contribution in [0.15, 0.2) is 71.1 Å². The zero-order chi connectivity index (χ0) is 15.6. The Morgan fingerprint density at radius 2 is 1.00 bits per heavy atom. The van der Waals surface area contributed by atoms with Gasteiger partial charge in [-0.25, -0.2) is 10.0 Å². The molecule has 116 valence electrons. The van der Waals surface area contributed by atoms with E-state index in [2.05, 4.69) is 10.4 Å². The first kappa shape index (κ1) is 15.9. The summed E-state index contributed by atoms with van der Waals surface area (Å²) in [4.78, 5) is 0. The monoisotopic (exact) mass is 300 g/mol. The molecule has 2 aromatic carbocycles. The lowest BCUT2D eigenvalue weighted by Crippen LogP contribution is -2.24. The number of anilines is 2. The highest BCUT2D eigenvalue weighted by atomic mass is 16.3. The van der Waals surface area contributed by atoms with E-state index in [1.807, 2.05) is 60.7 Å². The number of para-hydroxylation sites is 2. The summed E-state index contributed by atoms with van der Waals surface area (Å²) >= 11 is 0. The lowest BCUT2D eigenvalue weighted by atomic mass is 10.3. The quantitative estimate of drug-likeness (QED) is 0.579. The first-order valence-corrected chi connectivity index (χ1v) is 7.13. The lowest BCUT2D eigenvalue weighted by Gasteiger charge is -2.20. The molecule has 0 unspecified atom stereocenters. The van der Waals surface area contributed by atoms with Gasteiger partial charge in [-0.1, -0.05) is 36.4 Å². The van der Waals surface area contributed by atoms with Gasteiger partial charge in [-0.15, -0.1) is 0 Å². The van der Waals surface area contributed by atoms with Gasteiger partial charge in [0.25, 0.3) is 0 Å². The summed E-state index contributed by atoms with van der Waals surface area (Å²) in [5, 5.41) is 30.0. The minimum atomic E-state index is -0.0285. The van der Waals surface area contributed by atoms with Crippen LogP contribution in [0.2, 0.25) is 0 Å². The smallest absolute Gasteiger partial charge is 0.0665 e. The SMILES string of the molecule is OCCN(/N=N/N(CCO)c1ccccc1)c1ccccc1. The molecule has 2 rings (SSSR count). The molecule has 0 saturated carbocycles. The fourth-order valence-corrected chi connectivity index (χ4v) is 1.94. The molecule has 0 fully saturated rings. The largest absolute Gasteiger partial charge is 0.394 e. The van der Waals surface area contributed by atoms with Gasteiger partial charge in [0.05, 0.1) is 37.7 Å². The maximum atomic E-state index is 9.19. The predicted octanol–water partition coefficient (Wildman–Crippen LogP) is 2.27. The molecule has 0 saturated heterocycles. The Bertz CT molecular complexity index is 511. The van der Waals surface area contributed by atoms with Crippen molar-refractivity contribution in [3.05, 3.63) is 60.7 Å². The zero-order valence-corrected chi connectivity index (χ0v) is 12.3. The molecule has 22 heavy (non-hydrogen) atoms. The van der Waals surface area contributed by atoms with E-state index in [9.17, 15) is 10.2 Å². The van der Waals surface area contributed by atoms with E-state index in [1.165, 1.54) is 0 Å². The van der Waals surface area contributed by atoms with Gasteiger partial charge >= 0.3 is 0 Å². The van der Waals surface area contributed by atoms with Crippen molar-refractivity contribution in [2.24, 2.45) is 10.4 Å². The van der Waals surface area contributed by atoms with Crippen LogP contribution in [0.1, 0.15) is 0 Å². The summed E-state index contributed by atoms with van der Waals surface area (Å²) in [7, 11) is 0. The highest BCUT2D eigenvalue weighted by Gasteiger charge is 2.07. The van der Waals surface area contributed by atoms with Gasteiger partial charge in [-0.3, -0.25) is 0 Å². The predicted molar refractivity (Wildman–Crippen MR) is 86.6 cm³/mol. The van der Waals surface area contributed by atoms with Crippen LogP contribution in [0.4, 0.5) is 11.4 Å². The second-order valence-corrected chi connectivity index (χ2v) is 4.54. The Morgan fingerprint density at radius 3 is 1.32 bits per heavy atom. The van der Waals surface area contributed by atoms with Crippen LogP contribution < -0.4 is 10.0 Å². The van der Waals surface area contributed by atoms with Crippen LogP contribution in [-0.4, -0.2) is 36.5 Å². The zero-order valence-electron chi connectivity index (χ0n) is 12.3. The van der Waals surface area contributed by atoms with Crippen molar-refractivity contribution in [2.45, 2.75) is 0 Å². The Balaban J connectivity index is 2.17. The number of aliphatic hydroxyl groups is 2. The number of rotatable bonds is 8. The molecular formula is C16H20N4O2. The molecular weight excluding hydrogens is 280 g/mol. The van der Waals surface area contributed by atoms with Crippen LogP contribution in [0.25, 0.3) is 0 Å². The van der Waals surface area contributed by atoms with Crippen molar-refractivity contribution in [3.63, 3.8) is 0 Å². The topological polar surface area (TPSA) is 71.7 Å². The average Bonchev–Trinajstić information content (AvgIpc) is 2.59. The van der Waals surface area contributed by atoms with Gasteiger partial charge in [-0.05, 0) is 34.7 Å². The van der Waals surface area contributed by atoms with E-state index >= 15 is 0 Å². The van der Waals surface area contributed by atoms with Crippen molar-refractivity contribution in [1.29, 1.82) is 0 Å². The molecule has 0 atom stereocenters. The molecule has 0 heterocycles. The Kier molecular flexibility index (Phi) is 6.35. The highest BCUT2D eigenvalue weighted by molar-refractivity contribution is 5.46. The van der Waals surface area contributed by atoms with E-state index in [-0.39, 0.29) is 13.2 Å². The molecule has 0 spiro atoms. The Hall–Kier alpha value is -2.44. The van der Waals surface area contributed by atoms with Crippen LogP contribution in [0.5, 0.6) is 0 Å². The van der Waals surface area contributed by atoms with Crippen molar-refractivity contribution in [3.8, 4) is 0 Å². The summed E-state index contributed by atoms with van der Waals surface area (Å²) in [6, 6.07) is 19.0. The van der Waals surface area contributed by atoms with Gasteiger partial charge in [0.15, 0.2) is 0 Å². The molecule has 0 bridgehead atoms. The second kappa shape index (κ2) is 8.76. The van der Waals surface area contributed by atoms with Gasteiger partial charge in [0.2, 0.25) is 0 Å². The molecule has 6 heteroatoms. The first-order valence-electron chi connectivity index (χ1n) is 7.13. The normalized spacial score (nSPS) is 10.8. The molecule has 0 aliphatic rings. The summed E-state index contributed by atoms with van der Waals surface area (Å²) in [5.74, 6) is 0. The van der Waals surface area contributed by atoms with Crippen molar-refractivity contribution in [1.82, 2.24) is 0 Å². The molecule has 6 nitrogen and oxygen atoms in total. The number of aliphatic hydroxyl groups excluding tert-OH is 2. The van der Waals surface area contributed by atoms with E-state index in [0.717, 1.165) is 11.4 Å². The molecule has 0 aromatic heterocycles. The third-order valence-electron chi connectivity index (χ3n) is 2.99. The molecule has 2 N–H and O–H groups in total. The van der Waals surface area contributed by atoms with Crippen LogP contribution in [0, 0.1) is 0 Å². The maximum absolute atomic E-state index is 9.19. The maximum Gasteiger partial charge on any atom is 0.0665 e. The summed E-state index contributed by atoms with van der Waals surface area (Å²) < 4.78 is 0. The molecule has 0 radical (unpaired) electrons. The fourth-order valence-electron chi connectivity index (χ4n) is 1.94. The van der Waals surface area contributed by atoms with E-state index < -0.39 is 0 Å². The van der Waals surface area contributed by atoms with Crippen LogP contribution in [0.3, 0.4) is 0 Å². The molecule has 0 amide bonds. The summed E-state index contributed by atoms with van der Waals surface area (Å²) in [6.45, 7) is 0.628. The van der Waals surface area contributed by atoms with E-state index in [1.54, 1.807) is 10.0 Å². The number of nitrogens with zero attached hydrogens (tertiary/aromatic N) is 4. The van der Waals surface area contributed by atoms with Crippen molar-refractivity contribution in [2.75, 3.05) is 36.3 Å². The minimum absolute atomic E-state index is 0.0285. The third-order valence-corrected chi connectivity index (χ3v) is 2.99. The lowest BCUT2D eigenvalue weighted by molar-refractivity contribution is 0.297. The standard InChI is InChI=1S/C16H20N4O2/c21-13-11-19(15-7-3-1-4-8-15)17-18-20(12-14-22)16-9-5-2-6-10-16/h1-10,21-22H,11-14H2/b18-17+. The van der Waals surface area contributed by atoms with Crippen molar-refractivity contribution < 1.29 is 10.2 Å². The van der Waals surface area contributed by atoms with Gasteiger partial charge < -0.3 is 10.2 Å². The van der Waals surface area contributed by atoms with E-state index in [0.29, 0.717) is 13.1 Å². The molecule has 0 aliphatic carbocycles. The van der Waals surface area contributed by atoms with Gasteiger partial charge in [0.1, 0.15) is 0 Å². The number of benzene rings is 2. The summed E-state index contributed by atoms with van der Waals surface area (Å²) in [6.07, 6.45) is 0. The number of hydrogen-bond acceptors (Lipinski definition) is 4. The molecule has 2 aromatic rings. The van der Waals surface area contributed by atoms with Gasteiger partial charge in [-0.2, -0.15) is 0 Å². The highest BCUT2D eigenvalue weighted by Crippen LogP contribution is 2.16. The van der Waals surface area contributed by atoms with E-state index in [4.69, 9.17) is 0 Å². The first-order chi connectivity index (χ1) is 10.8.